The number of carbonyl (C=O) groups is 1. The molecule has 2 rings (SSSR count). The summed E-state index contributed by atoms with van der Waals surface area (Å²) < 4.78 is 5.82. The van der Waals surface area contributed by atoms with Crippen LogP contribution in [0, 0.1) is 17.8 Å². The third-order valence-corrected chi connectivity index (χ3v) is 6.19. The number of fused-ring (bicyclic) bond motifs is 2. The minimum absolute atomic E-state index is 0.0393. The minimum Gasteiger partial charge on any atom is -0.459 e. The van der Waals surface area contributed by atoms with E-state index >= 15 is 0 Å². The van der Waals surface area contributed by atoms with Crippen LogP contribution in [0.1, 0.15) is 33.1 Å². The average molecular weight is 280 g/mol. The molecule has 2 aliphatic carbocycles. The molecule has 1 saturated carbocycles. The molecule has 0 radical (unpaired) electrons. The first-order valence-electron chi connectivity index (χ1n) is 7.57. The fraction of sp³-hybridized carbons (Fsp3) is 0.812. The molecular formula is C16H28O2Si. The fourth-order valence-electron chi connectivity index (χ4n) is 3.13. The van der Waals surface area contributed by atoms with E-state index in [1.165, 1.54) is 6.04 Å². The average Bonchev–Trinajstić information content (AvgIpc) is 2.86. The highest BCUT2D eigenvalue weighted by atomic mass is 28.3. The molecule has 108 valence electrons. The van der Waals surface area contributed by atoms with Gasteiger partial charge in [-0.25, -0.2) is 0 Å². The summed E-state index contributed by atoms with van der Waals surface area (Å²) in [5, 5.41) is 0. The highest BCUT2D eigenvalue weighted by molar-refractivity contribution is 6.76. The van der Waals surface area contributed by atoms with Crippen molar-refractivity contribution in [2.75, 3.05) is 0 Å². The maximum absolute atomic E-state index is 12.3. The van der Waals surface area contributed by atoms with E-state index in [1.807, 2.05) is 0 Å². The van der Waals surface area contributed by atoms with E-state index in [4.69, 9.17) is 4.74 Å². The van der Waals surface area contributed by atoms with Gasteiger partial charge in [0.15, 0.2) is 0 Å². The molecule has 1 fully saturated rings. The van der Waals surface area contributed by atoms with Gasteiger partial charge in [-0.2, -0.15) is 0 Å². The lowest BCUT2D eigenvalue weighted by atomic mass is 9.93. The number of hydrogen-bond acceptors (Lipinski definition) is 2. The third kappa shape index (κ3) is 3.94. The second-order valence-corrected chi connectivity index (χ2v) is 13.7. The first-order valence-corrected chi connectivity index (χ1v) is 11.3. The van der Waals surface area contributed by atoms with Gasteiger partial charge in [0.1, 0.15) is 5.60 Å². The fourth-order valence-corrected chi connectivity index (χ4v) is 4.48. The van der Waals surface area contributed by atoms with E-state index in [9.17, 15) is 4.79 Å². The molecule has 19 heavy (non-hydrogen) atoms. The van der Waals surface area contributed by atoms with Crippen molar-refractivity contribution in [3.05, 3.63) is 12.2 Å². The molecule has 0 saturated heterocycles. The van der Waals surface area contributed by atoms with Crippen LogP contribution in [-0.4, -0.2) is 19.6 Å². The molecule has 0 aromatic carbocycles. The summed E-state index contributed by atoms with van der Waals surface area (Å²) in [4.78, 5) is 12.3. The Morgan fingerprint density at radius 3 is 2.42 bits per heavy atom. The summed E-state index contributed by atoms with van der Waals surface area (Å²) in [6, 6.07) is 1.21. The molecule has 0 aromatic heterocycles. The molecular weight excluding hydrogens is 252 g/mol. The molecule has 3 unspecified atom stereocenters. The molecule has 2 nitrogen and oxygen atoms in total. The number of carbonyl (C=O) groups excluding carboxylic acids is 1. The Bertz CT molecular complexity index is 379. The lowest BCUT2D eigenvalue weighted by Crippen LogP contribution is -2.35. The van der Waals surface area contributed by atoms with E-state index in [1.54, 1.807) is 0 Å². The van der Waals surface area contributed by atoms with Crippen molar-refractivity contribution in [3.63, 3.8) is 0 Å². The molecule has 0 aliphatic heterocycles. The van der Waals surface area contributed by atoms with Gasteiger partial charge in [-0.15, -0.1) is 0 Å². The van der Waals surface area contributed by atoms with Crippen molar-refractivity contribution in [2.24, 2.45) is 17.8 Å². The molecule has 0 heterocycles. The van der Waals surface area contributed by atoms with E-state index in [0.29, 0.717) is 11.8 Å². The van der Waals surface area contributed by atoms with Crippen LogP contribution >= 0.6 is 0 Å². The quantitative estimate of drug-likeness (QED) is 0.427. The molecule has 0 amide bonds. The zero-order valence-electron chi connectivity index (χ0n) is 13.0. The summed E-state index contributed by atoms with van der Waals surface area (Å²) in [7, 11) is -1.07. The summed E-state index contributed by atoms with van der Waals surface area (Å²) in [6.07, 6.45) is 7.64. The van der Waals surface area contributed by atoms with E-state index in [2.05, 4.69) is 45.6 Å². The number of rotatable bonds is 5. The first-order chi connectivity index (χ1) is 8.66. The van der Waals surface area contributed by atoms with E-state index in [-0.39, 0.29) is 17.5 Å². The highest BCUT2D eigenvalue weighted by Gasteiger charge is 2.42. The SMILES string of the molecule is CC(C)(CC[Si](C)(C)C)OC(=O)C1CC2C=CC1C2. The summed E-state index contributed by atoms with van der Waals surface area (Å²) >= 11 is 0. The van der Waals surface area contributed by atoms with Gasteiger partial charge in [0.25, 0.3) is 0 Å². The second kappa shape index (κ2) is 5.08. The normalized spacial score (nSPS) is 29.8. The van der Waals surface area contributed by atoms with Gasteiger partial charge < -0.3 is 4.74 Å². The number of hydrogen-bond donors (Lipinski definition) is 0. The minimum atomic E-state index is -1.07. The Hall–Kier alpha value is -0.573. The summed E-state index contributed by atoms with van der Waals surface area (Å²) in [5.74, 6) is 1.25. The Labute approximate surface area is 118 Å². The van der Waals surface area contributed by atoms with Crippen LogP contribution < -0.4 is 0 Å². The molecule has 3 atom stereocenters. The van der Waals surface area contributed by atoms with Crippen LogP contribution in [0.15, 0.2) is 12.2 Å². The van der Waals surface area contributed by atoms with Gasteiger partial charge in [0.05, 0.1) is 5.92 Å². The van der Waals surface area contributed by atoms with Crippen molar-refractivity contribution in [2.45, 2.75) is 64.4 Å². The number of allylic oxidation sites excluding steroid dienone is 2. The Morgan fingerprint density at radius 2 is 1.95 bits per heavy atom. The predicted octanol–water partition coefficient (Wildman–Crippen LogP) is 4.25. The topological polar surface area (TPSA) is 26.3 Å². The van der Waals surface area contributed by atoms with Gasteiger partial charge in [-0.3, -0.25) is 4.79 Å². The van der Waals surface area contributed by atoms with Gasteiger partial charge in [0.2, 0.25) is 0 Å². The van der Waals surface area contributed by atoms with Gasteiger partial charge >= 0.3 is 5.97 Å². The standard InChI is InChI=1S/C16H28O2Si/c1-16(2,8-9-19(3,4)5)18-15(17)14-11-12-6-7-13(14)10-12/h6-7,12-14H,8-11H2,1-5H3. The Morgan fingerprint density at radius 1 is 1.26 bits per heavy atom. The largest absolute Gasteiger partial charge is 0.459 e. The molecule has 3 heteroatoms. The van der Waals surface area contributed by atoms with Crippen molar-refractivity contribution in [1.82, 2.24) is 0 Å². The second-order valence-electron chi connectivity index (χ2n) is 8.13. The monoisotopic (exact) mass is 280 g/mol. The van der Waals surface area contributed by atoms with E-state index < -0.39 is 8.07 Å². The molecule has 0 aromatic rings. The number of ether oxygens (including phenoxy) is 1. The predicted molar refractivity (Wildman–Crippen MR) is 81.8 cm³/mol. The molecule has 0 N–H and O–H groups in total. The Balaban J connectivity index is 1.86. The van der Waals surface area contributed by atoms with Gasteiger partial charge in [-0.05, 0) is 44.9 Å². The highest BCUT2D eigenvalue weighted by Crippen LogP contribution is 2.44. The first kappa shape index (κ1) is 14.8. The lowest BCUT2D eigenvalue weighted by molar-refractivity contribution is -0.162. The lowest BCUT2D eigenvalue weighted by Gasteiger charge is -2.30. The third-order valence-electron chi connectivity index (χ3n) is 4.44. The maximum Gasteiger partial charge on any atom is 0.310 e. The van der Waals surface area contributed by atoms with Gasteiger partial charge in [-0.1, -0.05) is 37.8 Å². The van der Waals surface area contributed by atoms with Crippen LogP contribution in [0.5, 0.6) is 0 Å². The van der Waals surface area contributed by atoms with Crippen LogP contribution in [0.3, 0.4) is 0 Å². The maximum atomic E-state index is 12.3. The van der Waals surface area contributed by atoms with Crippen molar-refractivity contribution >= 4 is 14.0 Å². The zero-order chi connectivity index (χ0) is 14.3. The van der Waals surface area contributed by atoms with Crippen molar-refractivity contribution in [3.8, 4) is 0 Å². The smallest absolute Gasteiger partial charge is 0.310 e. The van der Waals surface area contributed by atoms with E-state index in [0.717, 1.165) is 19.3 Å². The van der Waals surface area contributed by atoms with Crippen LogP contribution in [-0.2, 0) is 9.53 Å². The Kier molecular flexibility index (Phi) is 3.96. The number of esters is 1. The molecule has 2 bridgehead atoms. The van der Waals surface area contributed by atoms with Crippen LogP contribution in [0.4, 0.5) is 0 Å². The van der Waals surface area contributed by atoms with Crippen LogP contribution in [0.25, 0.3) is 0 Å². The van der Waals surface area contributed by atoms with Crippen molar-refractivity contribution < 1.29 is 9.53 Å². The molecule has 0 spiro atoms. The summed E-state index contributed by atoms with van der Waals surface area (Å²) in [6.45, 7) is 11.2. The summed E-state index contributed by atoms with van der Waals surface area (Å²) in [5.41, 5.74) is -0.303. The zero-order valence-corrected chi connectivity index (χ0v) is 14.0. The molecule has 2 aliphatic rings. The van der Waals surface area contributed by atoms with Crippen molar-refractivity contribution in [1.29, 1.82) is 0 Å². The van der Waals surface area contributed by atoms with Gasteiger partial charge in [0, 0.05) is 8.07 Å². The van der Waals surface area contributed by atoms with Crippen LogP contribution in [0.2, 0.25) is 25.7 Å².